The standard InChI is InChI=1S/C8H8BrN3O2/c9-6-2-1-4(10)3-5(6)7(13)12-8(11)14/h1-3H,10H2,(H3,11,12,13,14). The summed E-state index contributed by atoms with van der Waals surface area (Å²) in [5, 5.41) is 1.94. The molecule has 0 aliphatic rings. The minimum Gasteiger partial charge on any atom is -0.399 e. The lowest BCUT2D eigenvalue weighted by Crippen LogP contribution is -2.35. The van der Waals surface area contributed by atoms with Crippen molar-refractivity contribution in [3.05, 3.63) is 28.2 Å². The largest absolute Gasteiger partial charge is 0.399 e. The molecule has 5 N–H and O–H groups in total. The van der Waals surface area contributed by atoms with Gasteiger partial charge in [-0.1, -0.05) is 0 Å². The van der Waals surface area contributed by atoms with Gasteiger partial charge >= 0.3 is 6.03 Å². The summed E-state index contributed by atoms with van der Waals surface area (Å²) in [6, 6.07) is 3.79. The molecular weight excluding hydrogens is 250 g/mol. The third kappa shape index (κ3) is 2.46. The van der Waals surface area contributed by atoms with Crippen LogP contribution in [-0.2, 0) is 0 Å². The number of urea groups is 1. The smallest absolute Gasteiger partial charge is 0.319 e. The topological polar surface area (TPSA) is 98.2 Å². The van der Waals surface area contributed by atoms with E-state index in [2.05, 4.69) is 15.9 Å². The summed E-state index contributed by atoms with van der Waals surface area (Å²) in [5.41, 5.74) is 11.0. The van der Waals surface area contributed by atoms with Gasteiger partial charge in [0.05, 0.1) is 5.56 Å². The number of carbonyl (C=O) groups is 2. The fourth-order valence-corrected chi connectivity index (χ4v) is 1.32. The lowest BCUT2D eigenvalue weighted by molar-refractivity contribution is 0.0965. The van der Waals surface area contributed by atoms with Gasteiger partial charge < -0.3 is 11.5 Å². The summed E-state index contributed by atoms with van der Waals surface area (Å²) < 4.78 is 0.547. The lowest BCUT2D eigenvalue weighted by atomic mass is 10.2. The summed E-state index contributed by atoms with van der Waals surface area (Å²) in [7, 11) is 0. The van der Waals surface area contributed by atoms with Gasteiger partial charge in [-0.25, -0.2) is 4.79 Å². The van der Waals surface area contributed by atoms with Crippen LogP contribution in [0.5, 0.6) is 0 Å². The zero-order valence-corrected chi connectivity index (χ0v) is 8.67. The fourth-order valence-electron chi connectivity index (χ4n) is 0.896. The molecule has 0 saturated heterocycles. The van der Waals surface area contributed by atoms with Crippen LogP contribution in [0.15, 0.2) is 22.7 Å². The number of hydrogen-bond acceptors (Lipinski definition) is 3. The number of benzene rings is 1. The molecule has 3 amide bonds. The van der Waals surface area contributed by atoms with Gasteiger partial charge in [0.15, 0.2) is 0 Å². The van der Waals surface area contributed by atoms with Gasteiger partial charge in [-0.05, 0) is 34.1 Å². The molecule has 0 aliphatic heterocycles. The molecule has 0 spiro atoms. The van der Waals surface area contributed by atoms with Crippen LogP contribution in [0, 0.1) is 0 Å². The monoisotopic (exact) mass is 257 g/mol. The predicted octanol–water partition coefficient (Wildman–Crippen LogP) is 0.840. The number of nitrogen functional groups attached to an aromatic ring is 1. The second-order valence-corrected chi connectivity index (χ2v) is 3.41. The second kappa shape index (κ2) is 4.10. The minimum atomic E-state index is -0.899. The van der Waals surface area contributed by atoms with E-state index in [0.717, 1.165) is 0 Å². The molecule has 1 rings (SSSR count). The minimum absolute atomic E-state index is 0.267. The van der Waals surface area contributed by atoms with Crippen LogP contribution in [0.4, 0.5) is 10.5 Å². The van der Waals surface area contributed by atoms with Crippen molar-refractivity contribution in [2.75, 3.05) is 5.73 Å². The van der Waals surface area contributed by atoms with E-state index >= 15 is 0 Å². The summed E-state index contributed by atoms with van der Waals surface area (Å²) in [5.74, 6) is -0.586. The van der Waals surface area contributed by atoms with E-state index < -0.39 is 11.9 Å². The van der Waals surface area contributed by atoms with E-state index in [1.165, 1.54) is 6.07 Å². The number of nitrogens with one attached hydrogen (secondary N) is 1. The Morgan fingerprint density at radius 3 is 2.57 bits per heavy atom. The fraction of sp³-hybridized carbons (Fsp3) is 0. The summed E-state index contributed by atoms with van der Waals surface area (Å²) >= 11 is 3.15. The maximum Gasteiger partial charge on any atom is 0.319 e. The average molecular weight is 258 g/mol. The molecule has 74 valence electrons. The molecule has 0 bridgehead atoms. The maximum absolute atomic E-state index is 11.3. The molecule has 6 heteroatoms. The zero-order chi connectivity index (χ0) is 10.7. The quantitative estimate of drug-likeness (QED) is 0.651. The van der Waals surface area contributed by atoms with Crippen molar-refractivity contribution in [2.24, 2.45) is 5.73 Å². The van der Waals surface area contributed by atoms with Crippen molar-refractivity contribution >= 4 is 33.6 Å². The van der Waals surface area contributed by atoms with E-state index in [9.17, 15) is 9.59 Å². The number of halogens is 1. The van der Waals surface area contributed by atoms with Gasteiger partial charge in [0, 0.05) is 10.2 Å². The van der Waals surface area contributed by atoms with Gasteiger partial charge in [-0.15, -0.1) is 0 Å². The summed E-state index contributed by atoms with van der Waals surface area (Å²) in [4.78, 5) is 21.8. The van der Waals surface area contributed by atoms with Crippen molar-refractivity contribution in [1.29, 1.82) is 0 Å². The Morgan fingerprint density at radius 1 is 1.36 bits per heavy atom. The highest BCUT2D eigenvalue weighted by atomic mass is 79.9. The van der Waals surface area contributed by atoms with Crippen LogP contribution in [0.25, 0.3) is 0 Å². The number of primary amides is 1. The van der Waals surface area contributed by atoms with Crippen molar-refractivity contribution in [3.8, 4) is 0 Å². The van der Waals surface area contributed by atoms with Crippen LogP contribution in [0.3, 0.4) is 0 Å². The van der Waals surface area contributed by atoms with E-state index in [0.29, 0.717) is 10.2 Å². The van der Waals surface area contributed by atoms with Gasteiger partial charge in [0.25, 0.3) is 5.91 Å². The summed E-state index contributed by atoms with van der Waals surface area (Å²) in [6.45, 7) is 0. The molecular formula is C8H8BrN3O2. The number of hydrogen-bond donors (Lipinski definition) is 3. The zero-order valence-electron chi connectivity index (χ0n) is 7.08. The van der Waals surface area contributed by atoms with Gasteiger partial charge in [-0.3, -0.25) is 10.1 Å². The van der Waals surface area contributed by atoms with Gasteiger partial charge in [0.2, 0.25) is 0 Å². The third-order valence-electron chi connectivity index (χ3n) is 1.47. The number of imide groups is 1. The molecule has 0 fully saturated rings. The van der Waals surface area contributed by atoms with E-state index in [1.54, 1.807) is 12.1 Å². The van der Waals surface area contributed by atoms with E-state index in [4.69, 9.17) is 11.5 Å². The van der Waals surface area contributed by atoms with Crippen molar-refractivity contribution in [2.45, 2.75) is 0 Å². The molecule has 1 aromatic carbocycles. The SMILES string of the molecule is NC(=O)NC(=O)c1cc(N)ccc1Br. The first-order chi connectivity index (χ1) is 6.50. The highest BCUT2D eigenvalue weighted by Crippen LogP contribution is 2.19. The first kappa shape index (κ1) is 10.5. The van der Waals surface area contributed by atoms with Gasteiger partial charge in [-0.2, -0.15) is 0 Å². The molecule has 0 saturated carbocycles. The van der Waals surface area contributed by atoms with Crippen molar-refractivity contribution in [3.63, 3.8) is 0 Å². The molecule has 0 atom stereocenters. The Bertz CT molecular complexity index is 392. The Balaban J connectivity index is 3.00. The molecule has 0 aromatic heterocycles. The van der Waals surface area contributed by atoms with E-state index in [-0.39, 0.29) is 5.56 Å². The molecule has 0 heterocycles. The molecule has 0 radical (unpaired) electrons. The molecule has 5 nitrogen and oxygen atoms in total. The lowest BCUT2D eigenvalue weighted by Gasteiger charge is -2.04. The van der Waals surface area contributed by atoms with Gasteiger partial charge in [0.1, 0.15) is 0 Å². The Labute approximate surface area is 88.6 Å². The number of carbonyl (C=O) groups excluding carboxylic acids is 2. The van der Waals surface area contributed by atoms with Crippen LogP contribution in [0.2, 0.25) is 0 Å². The highest BCUT2D eigenvalue weighted by molar-refractivity contribution is 9.10. The second-order valence-electron chi connectivity index (χ2n) is 2.56. The van der Waals surface area contributed by atoms with Crippen LogP contribution < -0.4 is 16.8 Å². The van der Waals surface area contributed by atoms with Crippen LogP contribution >= 0.6 is 15.9 Å². The number of nitrogens with two attached hydrogens (primary N) is 2. The number of anilines is 1. The Kier molecular flexibility index (Phi) is 3.08. The Hall–Kier alpha value is -1.56. The number of rotatable bonds is 1. The highest BCUT2D eigenvalue weighted by Gasteiger charge is 2.11. The van der Waals surface area contributed by atoms with Crippen molar-refractivity contribution in [1.82, 2.24) is 5.32 Å². The van der Waals surface area contributed by atoms with Crippen LogP contribution in [0.1, 0.15) is 10.4 Å². The van der Waals surface area contributed by atoms with Crippen molar-refractivity contribution < 1.29 is 9.59 Å². The summed E-state index contributed by atoms with van der Waals surface area (Å²) in [6.07, 6.45) is 0. The normalized spacial score (nSPS) is 9.50. The molecule has 0 unspecified atom stereocenters. The first-order valence-corrected chi connectivity index (χ1v) is 4.46. The Morgan fingerprint density at radius 2 is 2.00 bits per heavy atom. The number of amides is 3. The third-order valence-corrected chi connectivity index (χ3v) is 2.16. The molecule has 1 aromatic rings. The molecule has 0 aliphatic carbocycles. The predicted molar refractivity (Wildman–Crippen MR) is 55.6 cm³/mol. The first-order valence-electron chi connectivity index (χ1n) is 3.66. The molecule has 14 heavy (non-hydrogen) atoms. The average Bonchev–Trinajstić information content (AvgIpc) is 2.08. The van der Waals surface area contributed by atoms with E-state index in [1.807, 2.05) is 5.32 Å². The van der Waals surface area contributed by atoms with Crippen LogP contribution in [-0.4, -0.2) is 11.9 Å². The maximum atomic E-state index is 11.3.